The molecule has 0 saturated carbocycles. The fourth-order valence-electron chi connectivity index (χ4n) is 6.65. The Labute approximate surface area is 311 Å². The maximum atomic E-state index is 13.7. The molecule has 0 spiro atoms. The van der Waals surface area contributed by atoms with Gasteiger partial charge in [0, 0.05) is 6.42 Å². The molecular formula is C44H60O8. The van der Waals surface area contributed by atoms with Crippen LogP contribution in [-0.4, -0.2) is 55.9 Å². The van der Waals surface area contributed by atoms with Crippen LogP contribution in [0.25, 0.3) is 0 Å². The summed E-state index contributed by atoms with van der Waals surface area (Å²) in [7, 11) is 1.44. The van der Waals surface area contributed by atoms with Gasteiger partial charge < -0.3 is 28.4 Å². The van der Waals surface area contributed by atoms with Gasteiger partial charge in [-0.2, -0.15) is 0 Å². The van der Waals surface area contributed by atoms with Crippen LogP contribution >= 0.6 is 0 Å². The van der Waals surface area contributed by atoms with E-state index in [1.54, 1.807) is 12.1 Å². The quantitative estimate of drug-likeness (QED) is 0.0669. The zero-order valence-electron chi connectivity index (χ0n) is 31.5. The fourth-order valence-corrected chi connectivity index (χ4v) is 6.65. The number of hydrogen-bond acceptors (Lipinski definition) is 8. The second kappa shape index (κ2) is 23.9. The first-order valence-corrected chi connectivity index (χ1v) is 19.4. The Balaban J connectivity index is 1.49. The van der Waals surface area contributed by atoms with Gasteiger partial charge in [-0.1, -0.05) is 144 Å². The SMILES string of the molecule is CCCCCC(CCCCCCCCCC(=O)OC)O[C@@H]1OC(C)[C@@H](OCc2ccccc2)C(OCc2ccccc2)C1OC(=O)c1ccccc1. The van der Waals surface area contributed by atoms with Crippen LogP contribution in [0, 0.1) is 0 Å². The minimum Gasteiger partial charge on any atom is -0.469 e. The fraction of sp³-hybridized carbons (Fsp3) is 0.545. The van der Waals surface area contributed by atoms with E-state index in [0.717, 1.165) is 88.2 Å². The predicted octanol–water partition coefficient (Wildman–Crippen LogP) is 9.78. The Morgan fingerprint density at radius 2 is 1.17 bits per heavy atom. The minimum atomic E-state index is -0.868. The van der Waals surface area contributed by atoms with Crippen LogP contribution < -0.4 is 0 Å². The second-order valence-electron chi connectivity index (χ2n) is 13.8. The van der Waals surface area contributed by atoms with Gasteiger partial charge in [-0.3, -0.25) is 4.79 Å². The van der Waals surface area contributed by atoms with Gasteiger partial charge in [-0.25, -0.2) is 4.79 Å². The van der Waals surface area contributed by atoms with Crippen molar-refractivity contribution in [3.63, 3.8) is 0 Å². The summed E-state index contributed by atoms with van der Waals surface area (Å²) in [5.74, 6) is -0.589. The highest BCUT2D eigenvalue weighted by atomic mass is 16.7. The topological polar surface area (TPSA) is 89.5 Å². The molecule has 1 aliphatic rings. The number of hydrogen-bond donors (Lipinski definition) is 0. The molecule has 284 valence electrons. The molecule has 0 amide bonds. The van der Waals surface area contributed by atoms with Gasteiger partial charge in [-0.05, 0) is 49.4 Å². The number of benzene rings is 3. The van der Waals surface area contributed by atoms with E-state index >= 15 is 0 Å². The second-order valence-corrected chi connectivity index (χ2v) is 13.8. The maximum absolute atomic E-state index is 13.7. The van der Waals surface area contributed by atoms with E-state index in [1.165, 1.54) is 7.11 Å². The summed E-state index contributed by atoms with van der Waals surface area (Å²) < 4.78 is 37.8. The maximum Gasteiger partial charge on any atom is 0.338 e. The summed E-state index contributed by atoms with van der Waals surface area (Å²) in [6, 6.07) is 29.0. The van der Waals surface area contributed by atoms with Crippen LogP contribution in [0.5, 0.6) is 0 Å². The Morgan fingerprint density at radius 1 is 0.654 bits per heavy atom. The van der Waals surface area contributed by atoms with Crippen LogP contribution in [0.3, 0.4) is 0 Å². The van der Waals surface area contributed by atoms with Crippen molar-refractivity contribution in [3.8, 4) is 0 Å². The van der Waals surface area contributed by atoms with E-state index in [1.807, 2.05) is 85.8 Å². The molecule has 3 aromatic rings. The third kappa shape index (κ3) is 14.5. The van der Waals surface area contributed by atoms with Crippen molar-refractivity contribution < 1.29 is 38.0 Å². The summed E-state index contributed by atoms with van der Waals surface area (Å²) in [4.78, 5) is 25.0. The molecule has 0 aliphatic carbocycles. The Morgan fingerprint density at radius 3 is 1.75 bits per heavy atom. The van der Waals surface area contributed by atoms with E-state index in [2.05, 4.69) is 6.92 Å². The molecule has 52 heavy (non-hydrogen) atoms. The van der Waals surface area contributed by atoms with Crippen molar-refractivity contribution in [1.82, 2.24) is 0 Å². The van der Waals surface area contributed by atoms with E-state index in [-0.39, 0.29) is 12.1 Å². The molecule has 8 nitrogen and oxygen atoms in total. The molecule has 3 aromatic carbocycles. The summed E-state index contributed by atoms with van der Waals surface area (Å²) in [5, 5.41) is 0. The summed E-state index contributed by atoms with van der Waals surface area (Å²) in [6.45, 7) is 4.87. The third-order valence-electron chi connectivity index (χ3n) is 9.64. The number of rotatable bonds is 24. The highest BCUT2D eigenvalue weighted by molar-refractivity contribution is 5.89. The lowest BCUT2D eigenvalue weighted by atomic mass is 9.97. The molecule has 4 unspecified atom stereocenters. The Kier molecular flexibility index (Phi) is 18.9. The molecule has 1 saturated heterocycles. The summed E-state index contributed by atoms with van der Waals surface area (Å²) >= 11 is 0. The number of ether oxygens (including phenoxy) is 6. The molecule has 0 N–H and O–H groups in total. The van der Waals surface area contributed by atoms with Gasteiger partial charge >= 0.3 is 11.9 Å². The van der Waals surface area contributed by atoms with Gasteiger partial charge in [0.2, 0.25) is 0 Å². The number of carbonyl (C=O) groups is 2. The number of carbonyl (C=O) groups excluding carboxylic acids is 2. The van der Waals surface area contributed by atoms with Crippen molar-refractivity contribution in [1.29, 1.82) is 0 Å². The Hall–Kier alpha value is -3.56. The molecule has 1 heterocycles. The zero-order chi connectivity index (χ0) is 36.8. The van der Waals surface area contributed by atoms with Crippen LogP contribution in [-0.2, 0) is 46.4 Å². The van der Waals surface area contributed by atoms with Crippen molar-refractivity contribution in [2.45, 2.75) is 147 Å². The molecule has 4 rings (SSSR count). The van der Waals surface area contributed by atoms with Gasteiger partial charge in [0.15, 0.2) is 12.4 Å². The number of methoxy groups -OCH3 is 1. The number of unbranched alkanes of at least 4 members (excludes halogenated alkanes) is 8. The first-order valence-electron chi connectivity index (χ1n) is 19.4. The molecule has 0 radical (unpaired) electrons. The molecular weight excluding hydrogens is 656 g/mol. The summed E-state index contributed by atoms with van der Waals surface area (Å²) in [5.41, 5.74) is 2.49. The van der Waals surface area contributed by atoms with Crippen molar-refractivity contribution in [3.05, 3.63) is 108 Å². The number of esters is 2. The average Bonchev–Trinajstić information content (AvgIpc) is 3.18. The molecule has 0 aromatic heterocycles. The normalized spacial score (nSPS) is 20.6. The lowest BCUT2D eigenvalue weighted by molar-refractivity contribution is -0.318. The van der Waals surface area contributed by atoms with Gasteiger partial charge in [0.05, 0.1) is 38.1 Å². The van der Waals surface area contributed by atoms with Gasteiger partial charge in [0.1, 0.15) is 12.2 Å². The summed E-state index contributed by atoms with van der Waals surface area (Å²) in [6.07, 6.45) is 9.73. The lowest BCUT2D eigenvalue weighted by Gasteiger charge is -2.45. The van der Waals surface area contributed by atoms with Crippen molar-refractivity contribution in [2.75, 3.05) is 7.11 Å². The van der Waals surface area contributed by atoms with E-state index in [4.69, 9.17) is 28.4 Å². The van der Waals surface area contributed by atoms with Crippen LogP contribution in [0.1, 0.15) is 119 Å². The van der Waals surface area contributed by atoms with E-state index in [0.29, 0.717) is 25.2 Å². The minimum absolute atomic E-state index is 0.0571. The zero-order valence-corrected chi connectivity index (χ0v) is 31.5. The largest absolute Gasteiger partial charge is 0.469 e. The van der Waals surface area contributed by atoms with Gasteiger partial charge in [0.25, 0.3) is 0 Å². The standard InChI is InChI=1S/C44H60O8/c1-4-5-14-29-38(30-21-9-7-6-8-10-22-31-39(45)47-3)51-44-42(52-43(46)37-27-19-13-20-28-37)41(49-33-36-25-17-12-18-26-36)40(34(2)50-44)48-32-35-23-15-11-16-24-35/h11-13,15-20,23-28,34,38,40-42,44H,4-10,14,21-22,29-33H2,1-3H3/t34?,38?,40-,41?,42?,44+/m1/s1. The van der Waals surface area contributed by atoms with E-state index in [9.17, 15) is 9.59 Å². The van der Waals surface area contributed by atoms with Crippen LogP contribution in [0.15, 0.2) is 91.0 Å². The van der Waals surface area contributed by atoms with E-state index < -0.39 is 36.7 Å². The highest BCUT2D eigenvalue weighted by Gasteiger charge is 2.49. The van der Waals surface area contributed by atoms with Crippen LogP contribution in [0.4, 0.5) is 0 Å². The van der Waals surface area contributed by atoms with Crippen LogP contribution in [0.2, 0.25) is 0 Å². The molecule has 8 heteroatoms. The van der Waals surface area contributed by atoms with Crippen molar-refractivity contribution >= 4 is 11.9 Å². The first kappa shape index (κ1) is 41.2. The Bertz CT molecular complexity index is 1390. The molecule has 1 fully saturated rings. The average molecular weight is 717 g/mol. The smallest absolute Gasteiger partial charge is 0.338 e. The third-order valence-corrected chi connectivity index (χ3v) is 9.64. The first-order chi connectivity index (χ1) is 25.5. The monoisotopic (exact) mass is 716 g/mol. The molecule has 6 atom stereocenters. The van der Waals surface area contributed by atoms with Crippen molar-refractivity contribution in [2.24, 2.45) is 0 Å². The molecule has 1 aliphatic heterocycles. The highest BCUT2D eigenvalue weighted by Crippen LogP contribution is 2.33. The predicted molar refractivity (Wildman–Crippen MR) is 203 cm³/mol. The van der Waals surface area contributed by atoms with Gasteiger partial charge in [-0.15, -0.1) is 0 Å². The molecule has 0 bridgehead atoms. The lowest BCUT2D eigenvalue weighted by Crippen LogP contribution is -2.61.